The molecule has 0 spiro atoms. The minimum atomic E-state index is -0.143. The maximum absolute atomic E-state index is 12.4. The largest absolute Gasteiger partial charge is 0.342 e. The first-order chi connectivity index (χ1) is 13.4. The second kappa shape index (κ2) is 7.31. The monoisotopic (exact) mass is 398 g/mol. The molecule has 28 heavy (non-hydrogen) atoms. The van der Waals surface area contributed by atoms with Crippen LogP contribution in [0, 0.1) is 26.7 Å². The summed E-state index contributed by atoms with van der Waals surface area (Å²) in [5.74, 6) is 0.961. The molecule has 0 saturated carbocycles. The second-order valence-electron chi connectivity index (χ2n) is 7.24. The molecular formula is C19H22N6O2S. The molecule has 0 unspecified atom stereocenters. The Hall–Kier alpha value is -2.81. The lowest BCUT2D eigenvalue weighted by Gasteiger charge is -2.39. The van der Waals surface area contributed by atoms with E-state index in [1.807, 2.05) is 31.7 Å². The normalized spacial score (nSPS) is 14.3. The summed E-state index contributed by atoms with van der Waals surface area (Å²) in [6, 6.07) is 5.18. The molecule has 146 valence electrons. The van der Waals surface area contributed by atoms with E-state index in [9.17, 15) is 9.59 Å². The van der Waals surface area contributed by atoms with Crippen molar-refractivity contribution in [2.24, 2.45) is 5.92 Å². The number of thiazole rings is 1. The minimum Gasteiger partial charge on any atom is -0.342 e. The van der Waals surface area contributed by atoms with Gasteiger partial charge in [0.05, 0.1) is 23.7 Å². The zero-order valence-electron chi connectivity index (χ0n) is 16.1. The van der Waals surface area contributed by atoms with E-state index in [1.54, 1.807) is 28.3 Å². The van der Waals surface area contributed by atoms with E-state index < -0.39 is 0 Å². The summed E-state index contributed by atoms with van der Waals surface area (Å²) in [6.07, 6.45) is 2.16. The zero-order chi connectivity index (χ0) is 19.8. The van der Waals surface area contributed by atoms with Crippen LogP contribution in [-0.2, 0) is 17.8 Å². The highest BCUT2D eigenvalue weighted by atomic mass is 32.1. The number of hydrogen-bond acceptors (Lipinski definition) is 6. The molecule has 1 saturated heterocycles. The van der Waals surface area contributed by atoms with Gasteiger partial charge in [0.1, 0.15) is 0 Å². The third kappa shape index (κ3) is 3.75. The molecule has 0 atom stereocenters. The quantitative estimate of drug-likeness (QED) is 0.650. The van der Waals surface area contributed by atoms with Gasteiger partial charge in [-0.15, -0.1) is 16.4 Å². The molecule has 8 nitrogen and oxygen atoms in total. The van der Waals surface area contributed by atoms with Gasteiger partial charge in [-0.25, -0.2) is 14.3 Å². The van der Waals surface area contributed by atoms with Crippen molar-refractivity contribution >= 4 is 17.2 Å². The smallest absolute Gasteiger partial charge is 0.266 e. The van der Waals surface area contributed by atoms with E-state index in [-0.39, 0.29) is 17.4 Å². The highest BCUT2D eigenvalue weighted by Crippen LogP contribution is 2.20. The van der Waals surface area contributed by atoms with Gasteiger partial charge >= 0.3 is 0 Å². The van der Waals surface area contributed by atoms with Crippen LogP contribution in [0.15, 0.2) is 29.2 Å². The van der Waals surface area contributed by atoms with Crippen LogP contribution >= 0.6 is 11.3 Å². The molecule has 4 heterocycles. The van der Waals surface area contributed by atoms with E-state index in [4.69, 9.17) is 0 Å². The number of carbonyl (C=O) groups excluding carboxylic acids is 1. The van der Waals surface area contributed by atoms with Gasteiger partial charge in [0.25, 0.3) is 5.56 Å². The summed E-state index contributed by atoms with van der Waals surface area (Å²) < 4.78 is 3.21. The topological polar surface area (TPSA) is 85.9 Å². The molecule has 4 rings (SSSR count). The Kier molecular flexibility index (Phi) is 4.84. The van der Waals surface area contributed by atoms with Gasteiger partial charge in [0.2, 0.25) is 5.91 Å². The number of aromatic nitrogens is 5. The van der Waals surface area contributed by atoms with Crippen LogP contribution in [0.3, 0.4) is 0 Å². The summed E-state index contributed by atoms with van der Waals surface area (Å²) in [5.41, 5.74) is 1.73. The predicted molar refractivity (Wildman–Crippen MR) is 106 cm³/mol. The Morgan fingerprint density at radius 2 is 2.00 bits per heavy atom. The van der Waals surface area contributed by atoms with E-state index in [2.05, 4.69) is 15.2 Å². The second-order valence-corrected chi connectivity index (χ2v) is 8.56. The van der Waals surface area contributed by atoms with Crippen LogP contribution in [0.25, 0.3) is 5.82 Å². The lowest BCUT2D eigenvalue weighted by atomic mass is 9.99. The van der Waals surface area contributed by atoms with Gasteiger partial charge in [0.15, 0.2) is 5.82 Å². The number of amides is 1. The van der Waals surface area contributed by atoms with Crippen molar-refractivity contribution in [1.82, 2.24) is 29.4 Å². The maximum atomic E-state index is 12.4. The Morgan fingerprint density at radius 3 is 2.64 bits per heavy atom. The third-order valence-electron chi connectivity index (χ3n) is 4.81. The molecule has 1 fully saturated rings. The van der Waals surface area contributed by atoms with Crippen molar-refractivity contribution in [1.29, 1.82) is 0 Å². The average molecular weight is 398 g/mol. The van der Waals surface area contributed by atoms with Crippen molar-refractivity contribution in [3.63, 3.8) is 0 Å². The highest BCUT2D eigenvalue weighted by molar-refractivity contribution is 7.11. The maximum Gasteiger partial charge on any atom is 0.266 e. The number of rotatable bonds is 5. The molecule has 9 heteroatoms. The summed E-state index contributed by atoms with van der Waals surface area (Å²) in [5, 5.41) is 9.87. The van der Waals surface area contributed by atoms with Crippen molar-refractivity contribution in [3.8, 4) is 5.82 Å². The number of hydrogen-bond donors (Lipinski definition) is 0. The SMILES string of the molecule is Cc1cc(C)n(-c2ccc(=O)n(CC3CN(C(=O)Cc4cnc(C)s4)C3)n2)n1. The Morgan fingerprint density at radius 1 is 1.21 bits per heavy atom. The van der Waals surface area contributed by atoms with Crippen molar-refractivity contribution in [2.45, 2.75) is 33.7 Å². The van der Waals surface area contributed by atoms with Crippen LogP contribution < -0.4 is 5.56 Å². The number of aryl methyl sites for hydroxylation is 3. The summed E-state index contributed by atoms with van der Waals surface area (Å²) in [6.45, 7) is 7.60. The fourth-order valence-corrected chi connectivity index (χ4v) is 4.21. The molecule has 0 aromatic carbocycles. The molecule has 1 aliphatic heterocycles. The minimum absolute atomic E-state index is 0.108. The standard InChI is InChI=1S/C19H22N6O2S/c1-12-6-13(2)25(21-12)17-4-5-18(26)24(22-17)11-15-9-23(10-15)19(27)7-16-8-20-14(3)28-16/h4-6,8,15H,7,9-11H2,1-3H3. The van der Waals surface area contributed by atoms with E-state index >= 15 is 0 Å². The molecule has 0 N–H and O–H groups in total. The Labute approximate surface area is 166 Å². The number of likely N-dealkylation sites (tertiary alicyclic amines) is 1. The van der Waals surface area contributed by atoms with E-state index in [0.29, 0.717) is 31.9 Å². The lowest BCUT2D eigenvalue weighted by molar-refractivity contribution is -0.137. The summed E-state index contributed by atoms with van der Waals surface area (Å²) >= 11 is 1.55. The first kappa shape index (κ1) is 18.5. The van der Waals surface area contributed by atoms with Crippen molar-refractivity contribution in [3.05, 3.63) is 56.0 Å². The van der Waals surface area contributed by atoms with Gasteiger partial charge < -0.3 is 4.90 Å². The van der Waals surface area contributed by atoms with Gasteiger partial charge in [-0.1, -0.05) is 0 Å². The first-order valence-corrected chi connectivity index (χ1v) is 10.0. The average Bonchev–Trinajstić information content (AvgIpc) is 3.16. The third-order valence-corrected chi connectivity index (χ3v) is 5.73. The van der Waals surface area contributed by atoms with Gasteiger partial charge in [-0.05, 0) is 32.9 Å². The van der Waals surface area contributed by atoms with Crippen molar-refractivity contribution < 1.29 is 4.79 Å². The molecule has 3 aromatic rings. The van der Waals surface area contributed by atoms with Crippen LogP contribution in [0.1, 0.15) is 21.3 Å². The molecular weight excluding hydrogens is 376 g/mol. The van der Waals surface area contributed by atoms with Gasteiger partial charge in [-0.3, -0.25) is 9.59 Å². The summed E-state index contributed by atoms with van der Waals surface area (Å²) in [7, 11) is 0. The highest BCUT2D eigenvalue weighted by Gasteiger charge is 2.31. The van der Waals surface area contributed by atoms with Gasteiger partial charge in [0, 0.05) is 41.8 Å². The van der Waals surface area contributed by atoms with Crippen molar-refractivity contribution in [2.75, 3.05) is 13.1 Å². The fraction of sp³-hybridized carbons (Fsp3) is 0.421. The molecule has 0 aliphatic carbocycles. The summed E-state index contributed by atoms with van der Waals surface area (Å²) in [4.78, 5) is 31.6. The number of carbonyl (C=O) groups is 1. The van der Waals surface area contributed by atoms with E-state index in [1.165, 1.54) is 10.7 Å². The van der Waals surface area contributed by atoms with E-state index in [0.717, 1.165) is 21.3 Å². The zero-order valence-corrected chi connectivity index (χ0v) is 16.9. The Balaban J connectivity index is 1.39. The molecule has 0 bridgehead atoms. The predicted octanol–water partition coefficient (Wildman–Crippen LogP) is 1.51. The van der Waals surface area contributed by atoms with Crippen LogP contribution in [-0.4, -0.2) is 48.4 Å². The van der Waals surface area contributed by atoms with Crippen LogP contribution in [0.4, 0.5) is 0 Å². The van der Waals surface area contributed by atoms with Crippen LogP contribution in [0.5, 0.6) is 0 Å². The molecule has 1 amide bonds. The molecule has 0 radical (unpaired) electrons. The molecule has 3 aromatic heterocycles. The fourth-order valence-electron chi connectivity index (χ4n) is 3.42. The van der Waals surface area contributed by atoms with Gasteiger partial charge in [-0.2, -0.15) is 5.10 Å². The number of nitrogens with zero attached hydrogens (tertiary/aromatic N) is 6. The molecule has 1 aliphatic rings. The van der Waals surface area contributed by atoms with Crippen LogP contribution in [0.2, 0.25) is 0 Å². The lowest BCUT2D eigenvalue weighted by Crippen LogP contribution is -2.52. The Bertz CT molecular complexity index is 1080. The first-order valence-electron chi connectivity index (χ1n) is 9.20.